The molecule has 0 N–H and O–H groups in total. The molecule has 0 aliphatic heterocycles. The fourth-order valence-corrected chi connectivity index (χ4v) is 2.73. The lowest BCUT2D eigenvalue weighted by Crippen LogP contribution is -2.44. The average molecular weight is 331 g/mol. The molecular weight excluding hydrogens is 302 g/mol. The van der Waals surface area contributed by atoms with E-state index in [9.17, 15) is 4.79 Å². The zero-order valence-electron chi connectivity index (χ0n) is 15.6. The predicted octanol–water partition coefficient (Wildman–Crippen LogP) is 5.26. The summed E-state index contributed by atoms with van der Waals surface area (Å²) in [5.74, 6) is 0.382. The first-order chi connectivity index (χ1) is 11.2. The molecule has 2 rings (SSSR count). The first-order valence-electron chi connectivity index (χ1n) is 8.61. The Labute approximate surface area is 144 Å². The molecule has 2 aromatic rings. The van der Waals surface area contributed by atoms with Crippen LogP contribution in [-0.4, -0.2) is 29.2 Å². The first kappa shape index (κ1) is 18.4. The molecule has 0 saturated carbocycles. The van der Waals surface area contributed by atoms with Crippen molar-refractivity contribution in [3.8, 4) is 0 Å². The summed E-state index contributed by atoms with van der Waals surface area (Å²) in [4.78, 5) is 14.4. The fourth-order valence-electron chi connectivity index (χ4n) is 2.73. The van der Waals surface area contributed by atoms with Crippen LogP contribution in [0.2, 0.25) is 0 Å². The van der Waals surface area contributed by atoms with E-state index >= 15 is 0 Å². The number of ether oxygens (including phenoxy) is 1. The average Bonchev–Trinajstić information content (AvgIpc) is 2.90. The molecule has 0 radical (unpaired) electrons. The number of carbonyl (C=O) groups is 1. The van der Waals surface area contributed by atoms with E-state index in [0.717, 1.165) is 23.0 Å². The normalized spacial score (nSPS) is 13.3. The second kappa shape index (κ2) is 7.29. The molecule has 0 spiro atoms. The van der Waals surface area contributed by atoms with Crippen molar-refractivity contribution in [1.82, 2.24) is 4.90 Å². The van der Waals surface area contributed by atoms with Crippen LogP contribution in [0.1, 0.15) is 47.1 Å². The SMILES string of the molecule is CC(C)CN(C(=O)OC(C)(C)C)[C@H](C)Cc1ccc2ccoc2c1. The van der Waals surface area contributed by atoms with Gasteiger partial charge in [0.15, 0.2) is 0 Å². The lowest BCUT2D eigenvalue weighted by molar-refractivity contribution is 0.0150. The minimum atomic E-state index is -0.487. The zero-order chi connectivity index (χ0) is 17.9. The lowest BCUT2D eigenvalue weighted by atomic mass is 10.0. The van der Waals surface area contributed by atoms with Gasteiger partial charge in [-0.15, -0.1) is 0 Å². The maximum atomic E-state index is 12.6. The van der Waals surface area contributed by atoms with Gasteiger partial charge in [-0.1, -0.05) is 26.0 Å². The molecule has 0 unspecified atom stereocenters. The Morgan fingerprint density at radius 3 is 2.54 bits per heavy atom. The highest BCUT2D eigenvalue weighted by Gasteiger charge is 2.26. The van der Waals surface area contributed by atoms with Crippen LogP contribution in [0.3, 0.4) is 0 Å². The summed E-state index contributed by atoms with van der Waals surface area (Å²) >= 11 is 0. The molecule has 0 fully saturated rings. The number of carbonyl (C=O) groups excluding carboxylic acids is 1. The third kappa shape index (κ3) is 5.02. The number of fused-ring (bicyclic) bond motifs is 1. The van der Waals surface area contributed by atoms with Crippen LogP contribution >= 0.6 is 0 Å². The Balaban J connectivity index is 2.13. The first-order valence-corrected chi connectivity index (χ1v) is 8.61. The van der Waals surface area contributed by atoms with Gasteiger partial charge in [-0.05, 0) is 57.7 Å². The molecule has 4 heteroatoms. The van der Waals surface area contributed by atoms with Crippen LogP contribution in [0.5, 0.6) is 0 Å². The Kier molecular flexibility index (Phi) is 5.58. The highest BCUT2D eigenvalue weighted by Crippen LogP contribution is 2.20. The lowest BCUT2D eigenvalue weighted by Gasteiger charge is -2.33. The number of nitrogens with zero attached hydrogens (tertiary/aromatic N) is 1. The van der Waals surface area contributed by atoms with E-state index in [0.29, 0.717) is 12.5 Å². The van der Waals surface area contributed by atoms with Crippen molar-refractivity contribution in [3.63, 3.8) is 0 Å². The highest BCUT2D eigenvalue weighted by atomic mass is 16.6. The molecule has 0 bridgehead atoms. The Morgan fingerprint density at radius 1 is 1.21 bits per heavy atom. The summed E-state index contributed by atoms with van der Waals surface area (Å²) in [6, 6.07) is 8.20. The van der Waals surface area contributed by atoms with Crippen LogP contribution in [0.15, 0.2) is 34.9 Å². The van der Waals surface area contributed by atoms with Gasteiger partial charge in [0.1, 0.15) is 11.2 Å². The van der Waals surface area contributed by atoms with Gasteiger partial charge in [-0.3, -0.25) is 0 Å². The number of hydrogen-bond donors (Lipinski definition) is 0. The van der Waals surface area contributed by atoms with Crippen LogP contribution in [-0.2, 0) is 11.2 Å². The summed E-state index contributed by atoms with van der Waals surface area (Å²) in [7, 11) is 0. The molecular formula is C20H29NO3. The Bertz CT molecular complexity index is 681. The van der Waals surface area contributed by atoms with Crippen molar-refractivity contribution >= 4 is 17.1 Å². The topological polar surface area (TPSA) is 42.7 Å². The van der Waals surface area contributed by atoms with Gasteiger partial charge in [-0.2, -0.15) is 0 Å². The molecule has 0 saturated heterocycles. The second-order valence-electron chi connectivity index (χ2n) is 7.87. The van der Waals surface area contributed by atoms with Crippen LogP contribution in [0.25, 0.3) is 11.0 Å². The fraction of sp³-hybridized carbons (Fsp3) is 0.550. The van der Waals surface area contributed by atoms with Crippen molar-refractivity contribution in [2.24, 2.45) is 5.92 Å². The number of furan rings is 1. The van der Waals surface area contributed by atoms with Gasteiger partial charge >= 0.3 is 6.09 Å². The van der Waals surface area contributed by atoms with E-state index < -0.39 is 5.60 Å². The van der Waals surface area contributed by atoms with Crippen LogP contribution in [0.4, 0.5) is 4.79 Å². The van der Waals surface area contributed by atoms with Crippen molar-refractivity contribution in [3.05, 3.63) is 36.1 Å². The smallest absolute Gasteiger partial charge is 0.410 e. The summed E-state index contributed by atoms with van der Waals surface area (Å²) in [6.45, 7) is 12.7. The summed E-state index contributed by atoms with van der Waals surface area (Å²) in [5.41, 5.74) is 1.55. The van der Waals surface area contributed by atoms with Crippen molar-refractivity contribution < 1.29 is 13.9 Å². The molecule has 0 aliphatic carbocycles. The number of amides is 1. The third-order valence-corrected chi connectivity index (χ3v) is 3.77. The van der Waals surface area contributed by atoms with Gasteiger partial charge in [0.2, 0.25) is 0 Å². The maximum absolute atomic E-state index is 12.6. The summed E-state index contributed by atoms with van der Waals surface area (Å²) < 4.78 is 11.1. The highest BCUT2D eigenvalue weighted by molar-refractivity contribution is 5.77. The molecule has 132 valence electrons. The van der Waals surface area contributed by atoms with E-state index in [1.165, 1.54) is 0 Å². The van der Waals surface area contributed by atoms with E-state index in [2.05, 4.69) is 39.0 Å². The molecule has 0 aliphatic rings. The van der Waals surface area contributed by atoms with E-state index in [1.54, 1.807) is 6.26 Å². The Hall–Kier alpha value is -1.97. The zero-order valence-corrected chi connectivity index (χ0v) is 15.6. The van der Waals surface area contributed by atoms with Gasteiger partial charge in [0.05, 0.1) is 6.26 Å². The third-order valence-electron chi connectivity index (χ3n) is 3.77. The van der Waals surface area contributed by atoms with Gasteiger partial charge in [0.25, 0.3) is 0 Å². The summed E-state index contributed by atoms with van der Waals surface area (Å²) in [6.07, 6.45) is 2.22. The minimum Gasteiger partial charge on any atom is -0.464 e. The maximum Gasteiger partial charge on any atom is 0.410 e. The standard InChI is InChI=1S/C20H29NO3/c1-14(2)13-21(19(22)24-20(4,5)6)15(3)11-16-7-8-17-9-10-23-18(17)12-16/h7-10,12,14-15H,11,13H2,1-6H3/t15-/m1/s1. The van der Waals surface area contributed by atoms with Gasteiger partial charge in [0, 0.05) is 18.0 Å². The molecule has 1 atom stereocenters. The van der Waals surface area contributed by atoms with Gasteiger partial charge in [-0.25, -0.2) is 4.79 Å². The van der Waals surface area contributed by atoms with E-state index in [1.807, 2.05) is 31.7 Å². The number of rotatable bonds is 5. The second-order valence-corrected chi connectivity index (χ2v) is 7.87. The largest absolute Gasteiger partial charge is 0.464 e. The van der Waals surface area contributed by atoms with E-state index in [-0.39, 0.29) is 12.1 Å². The number of benzene rings is 1. The monoisotopic (exact) mass is 331 g/mol. The van der Waals surface area contributed by atoms with E-state index in [4.69, 9.17) is 9.15 Å². The number of hydrogen-bond acceptors (Lipinski definition) is 3. The minimum absolute atomic E-state index is 0.0506. The molecule has 4 nitrogen and oxygen atoms in total. The van der Waals surface area contributed by atoms with Gasteiger partial charge < -0.3 is 14.1 Å². The molecule has 1 aromatic carbocycles. The molecule has 1 amide bonds. The summed E-state index contributed by atoms with van der Waals surface area (Å²) in [5, 5.41) is 1.09. The van der Waals surface area contributed by atoms with Crippen molar-refractivity contribution in [2.45, 2.75) is 59.6 Å². The van der Waals surface area contributed by atoms with Crippen molar-refractivity contribution in [2.75, 3.05) is 6.54 Å². The predicted molar refractivity (Wildman–Crippen MR) is 97.2 cm³/mol. The molecule has 1 aromatic heterocycles. The van der Waals surface area contributed by atoms with Crippen molar-refractivity contribution in [1.29, 1.82) is 0 Å². The Morgan fingerprint density at radius 2 is 1.92 bits per heavy atom. The molecule has 1 heterocycles. The van der Waals surface area contributed by atoms with Crippen LogP contribution in [0, 0.1) is 5.92 Å². The van der Waals surface area contributed by atoms with Crippen LogP contribution < -0.4 is 0 Å². The molecule has 24 heavy (non-hydrogen) atoms. The quantitative estimate of drug-likeness (QED) is 0.751.